The van der Waals surface area contributed by atoms with Gasteiger partial charge in [0.1, 0.15) is 11.3 Å². The zero-order valence-electron chi connectivity index (χ0n) is 15.4. The maximum Gasteiger partial charge on any atom is 0.522 e. The molecule has 27 heavy (non-hydrogen) atoms. The van der Waals surface area contributed by atoms with Crippen LogP contribution in [0.2, 0.25) is 0 Å². The SMILES string of the molecule is CC(C)(C)OC(=O)NC12CC(n3cc(COCCOC(F)(F)F)nn3)(C1)C2. The molecule has 1 heterocycles. The molecule has 3 aliphatic carbocycles. The lowest BCUT2D eigenvalue weighted by atomic mass is 9.44. The van der Waals surface area contributed by atoms with E-state index >= 15 is 0 Å². The third-order valence-electron chi connectivity index (χ3n) is 4.54. The molecule has 0 spiro atoms. The summed E-state index contributed by atoms with van der Waals surface area (Å²) in [6.07, 6.45) is -1.14. The van der Waals surface area contributed by atoms with E-state index in [0.29, 0.717) is 5.69 Å². The molecule has 152 valence electrons. The molecule has 0 radical (unpaired) electrons. The van der Waals surface area contributed by atoms with Crippen molar-refractivity contribution in [3.63, 3.8) is 0 Å². The van der Waals surface area contributed by atoms with Crippen molar-refractivity contribution in [2.24, 2.45) is 0 Å². The molecule has 1 aromatic rings. The largest absolute Gasteiger partial charge is 0.522 e. The molecule has 0 saturated heterocycles. The third kappa shape index (κ3) is 4.70. The molecule has 3 fully saturated rings. The number of nitrogens with one attached hydrogen (secondary N) is 1. The average Bonchev–Trinajstić information content (AvgIpc) is 2.86. The number of hydrogen-bond acceptors (Lipinski definition) is 6. The Labute approximate surface area is 154 Å². The summed E-state index contributed by atoms with van der Waals surface area (Å²) in [5.41, 5.74) is -0.433. The smallest absolute Gasteiger partial charge is 0.444 e. The number of carbonyl (C=O) groups excluding carboxylic acids is 1. The lowest BCUT2D eigenvalue weighted by Crippen LogP contribution is -2.79. The predicted octanol–water partition coefficient (Wildman–Crippen LogP) is 2.49. The summed E-state index contributed by atoms with van der Waals surface area (Å²) in [5, 5.41) is 11.0. The van der Waals surface area contributed by atoms with Crippen molar-refractivity contribution in [2.75, 3.05) is 13.2 Å². The molecule has 11 heteroatoms. The summed E-state index contributed by atoms with van der Waals surface area (Å²) >= 11 is 0. The Balaban J connectivity index is 1.40. The lowest BCUT2D eigenvalue weighted by Gasteiger charge is -2.69. The topological polar surface area (TPSA) is 87.5 Å². The first-order valence-electron chi connectivity index (χ1n) is 8.62. The molecule has 8 nitrogen and oxygen atoms in total. The van der Waals surface area contributed by atoms with Crippen molar-refractivity contribution in [3.05, 3.63) is 11.9 Å². The van der Waals surface area contributed by atoms with E-state index in [1.54, 1.807) is 10.9 Å². The molecule has 3 aliphatic rings. The molecule has 0 unspecified atom stereocenters. The molecule has 1 aromatic heterocycles. The van der Waals surface area contributed by atoms with E-state index in [2.05, 4.69) is 20.4 Å². The first kappa shape index (κ1) is 19.9. The number of alkyl carbamates (subject to hydrolysis) is 1. The normalized spacial score (nSPS) is 26.9. The van der Waals surface area contributed by atoms with E-state index in [1.165, 1.54) is 0 Å². The fraction of sp³-hybridized carbons (Fsp3) is 0.812. The summed E-state index contributed by atoms with van der Waals surface area (Å²) in [4.78, 5) is 11.9. The second-order valence-corrected chi connectivity index (χ2v) is 8.16. The van der Waals surface area contributed by atoms with Crippen LogP contribution in [0.1, 0.15) is 45.7 Å². The zero-order valence-corrected chi connectivity index (χ0v) is 15.4. The molecule has 0 atom stereocenters. The Bertz CT molecular complexity index is 679. The summed E-state index contributed by atoms with van der Waals surface area (Å²) in [7, 11) is 0. The first-order valence-corrected chi connectivity index (χ1v) is 8.62. The van der Waals surface area contributed by atoms with Crippen LogP contribution in [0, 0.1) is 0 Å². The fourth-order valence-corrected chi connectivity index (χ4v) is 3.62. The van der Waals surface area contributed by atoms with Crippen molar-refractivity contribution in [3.8, 4) is 0 Å². The van der Waals surface area contributed by atoms with E-state index < -0.39 is 24.7 Å². The standard InChI is InChI=1S/C16H23F3N4O4/c1-13(2,3)27-12(24)20-14-8-15(9-14,10-14)23-6-11(21-22-23)7-25-4-5-26-16(17,18)19/h6H,4-5,7-10H2,1-3H3,(H,20,24). The second kappa shape index (κ2) is 6.62. The van der Waals surface area contributed by atoms with Crippen LogP contribution in [0.3, 0.4) is 0 Å². The summed E-state index contributed by atoms with van der Waals surface area (Å²) in [5.74, 6) is 0. The first-order chi connectivity index (χ1) is 12.4. The van der Waals surface area contributed by atoms with Gasteiger partial charge in [-0.3, -0.25) is 4.74 Å². The Morgan fingerprint density at radius 3 is 2.52 bits per heavy atom. The number of aromatic nitrogens is 3. The average molecular weight is 392 g/mol. The molecule has 1 N–H and O–H groups in total. The van der Waals surface area contributed by atoms with Gasteiger partial charge in [-0.25, -0.2) is 9.48 Å². The monoisotopic (exact) mass is 392 g/mol. The highest BCUT2D eigenvalue weighted by atomic mass is 19.4. The van der Waals surface area contributed by atoms with Crippen LogP contribution in [0.5, 0.6) is 0 Å². The maximum atomic E-state index is 11.9. The second-order valence-electron chi connectivity index (χ2n) is 8.16. The molecular weight excluding hydrogens is 369 g/mol. The fourth-order valence-electron chi connectivity index (χ4n) is 3.62. The van der Waals surface area contributed by atoms with Crippen molar-refractivity contribution < 1.29 is 32.2 Å². The Hall–Kier alpha value is -1.88. The molecule has 1 amide bonds. The number of amides is 1. The van der Waals surface area contributed by atoms with Gasteiger partial charge in [-0.05, 0) is 40.0 Å². The highest BCUT2D eigenvalue weighted by Crippen LogP contribution is 2.64. The van der Waals surface area contributed by atoms with E-state index in [-0.39, 0.29) is 24.3 Å². The number of hydrogen-bond donors (Lipinski definition) is 1. The van der Waals surface area contributed by atoms with Crippen LogP contribution in [0.15, 0.2) is 6.20 Å². The van der Waals surface area contributed by atoms with E-state index in [4.69, 9.17) is 9.47 Å². The molecule has 0 aromatic carbocycles. The zero-order chi connectivity index (χ0) is 19.9. The van der Waals surface area contributed by atoms with Crippen molar-refractivity contribution in [2.45, 2.75) is 69.7 Å². The number of halogens is 3. The molecule has 0 aliphatic heterocycles. The van der Waals surface area contributed by atoms with Gasteiger partial charge in [0.25, 0.3) is 0 Å². The van der Waals surface area contributed by atoms with Crippen LogP contribution >= 0.6 is 0 Å². The van der Waals surface area contributed by atoms with E-state index in [1.807, 2.05) is 20.8 Å². The highest BCUT2D eigenvalue weighted by molar-refractivity contribution is 5.70. The van der Waals surface area contributed by atoms with Gasteiger partial charge >= 0.3 is 12.5 Å². The molecule has 3 saturated carbocycles. The molecule has 4 rings (SSSR count). The highest BCUT2D eigenvalue weighted by Gasteiger charge is 2.70. The van der Waals surface area contributed by atoms with Gasteiger partial charge in [-0.15, -0.1) is 18.3 Å². The van der Waals surface area contributed by atoms with Crippen LogP contribution in [0.25, 0.3) is 0 Å². The van der Waals surface area contributed by atoms with Crippen LogP contribution in [-0.4, -0.2) is 51.8 Å². The minimum atomic E-state index is -4.65. The molecule has 2 bridgehead atoms. The number of carbonyl (C=O) groups is 1. The summed E-state index contributed by atoms with van der Waals surface area (Å²) in [6, 6.07) is 0. The van der Waals surface area contributed by atoms with Gasteiger partial charge < -0.3 is 14.8 Å². The number of nitrogens with zero attached hydrogens (tertiary/aromatic N) is 3. The van der Waals surface area contributed by atoms with E-state index in [9.17, 15) is 18.0 Å². The molecular formula is C16H23F3N4O4. The quantitative estimate of drug-likeness (QED) is 0.718. The maximum absolute atomic E-state index is 11.9. The lowest BCUT2D eigenvalue weighted by molar-refractivity contribution is -0.327. The van der Waals surface area contributed by atoms with Gasteiger partial charge in [-0.1, -0.05) is 5.21 Å². The number of alkyl halides is 3. The van der Waals surface area contributed by atoms with Gasteiger partial charge in [0.05, 0.1) is 37.1 Å². The van der Waals surface area contributed by atoms with Crippen molar-refractivity contribution >= 4 is 6.09 Å². The minimum absolute atomic E-state index is 0.0542. The third-order valence-corrected chi connectivity index (χ3v) is 4.54. The number of rotatable bonds is 7. The predicted molar refractivity (Wildman–Crippen MR) is 85.6 cm³/mol. The van der Waals surface area contributed by atoms with E-state index in [0.717, 1.165) is 19.3 Å². The Kier molecular flexibility index (Phi) is 4.87. The van der Waals surface area contributed by atoms with Gasteiger partial charge in [0, 0.05) is 0 Å². The minimum Gasteiger partial charge on any atom is -0.444 e. The summed E-state index contributed by atoms with van der Waals surface area (Å²) < 4.78 is 51.3. The van der Waals surface area contributed by atoms with Gasteiger partial charge in [-0.2, -0.15) is 0 Å². The summed E-state index contributed by atoms with van der Waals surface area (Å²) in [6.45, 7) is 4.72. The van der Waals surface area contributed by atoms with Crippen LogP contribution < -0.4 is 5.32 Å². The van der Waals surface area contributed by atoms with Crippen molar-refractivity contribution in [1.29, 1.82) is 0 Å². The van der Waals surface area contributed by atoms with Crippen LogP contribution in [-0.2, 0) is 26.4 Å². The van der Waals surface area contributed by atoms with Gasteiger partial charge in [0.2, 0.25) is 0 Å². The Morgan fingerprint density at radius 1 is 1.26 bits per heavy atom. The number of ether oxygens (including phenoxy) is 3. The van der Waals surface area contributed by atoms with Crippen LogP contribution in [0.4, 0.5) is 18.0 Å². The van der Waals surface area contributed by atoms with Gasteiger partial charge in [0.15, 0.2) is 0 Å². The Morgan fingerprint density at radius 2 is 1.93 bits per heavy atom. The van der Waals surface area contributed by atoms with Crippen molar-refractivity contribution in [1.82, 2.24) is 20.3 Å².